The van der Waals surface area contributed by atoms with E-state index in [2.05, 4.69) is 5.32 Å². The Morgan fingerprint density at radius 2 is 1.70 bits per heavy atom. The van der Waals surface area contributed by atoms with Gasteiger partial charge in [-0.15, -0.1) is 0 Å². The molecular weight excluding hydrogens is 300 g/mol. The summed E-state index contributed by atoms with van der Waals surface area (Å²) in [6.45, 7) is 4.61. The number of allylic oxidation sites excluding steroid dienone is 2. The molecule has 1 fully saturated rings. The Bertz CT molecular complexity index is 529. The standard InChI is InChI=1S/C16H22N2O5/c1-9(2)17-13(19)8-23-16(22)10(3)18-14(20)11-6-4-5-7-12(11)15(18)21/h4-5,9-12H,6-8H2,1-3H3,(H,17,19)/t10-,11-,12-/m0/s1. The molecule has 23 heavy (non-hydrogen) atoms. The SMILES string of the molecule is CC(C)NC(=O)COC(=O)[C@H](C)N1C(=O)[C@H]2CC=CC[C@@H]2C1=O. The Kier molecular flexibility index (Phi) is 5.18. The predicted molar refractivity (Wildman–Crippen MR) is 80.9 cm³/mol. The summed E-state index contributed by atoms with van der Waals surface area (Å²) in [6.07, 6.45) is 4.80. The Balaban J connectivity index is 1.96. The van der Waals surface area contributed by atoms with Crippen LogP contribution in [-0.2, 0) is 23.9 Å². The molecule has 3 atom stereocenters. The molecule has 0 radical (unpaired) electrons. The van der Waals surface area contributed by atoms with E-state index in [0.29, 0.717) is 12.8 Å². The molecule has 0 unspecified atom stereocenters. The van der Waals surface area contributed by atoms with Crippen LogP contribution in [0.5, 0.6) is 0 Å². The highest BCUT2D eigenvalue weighted by molar-refractivity contribution is 6.08. The number of imide groups is 1. The first-order valence-electron chi connectivity index (χ1n) is 7.80. The Morgan fingerprint density at radius 1 is 1.17 bits per heavy atom. The zero-order chi connectivity index (χ0) is 17.1. The third-order valence-electron chi connectivity index (χ3n) is 4.07. The molecule has 0 bridgehead atoms. The van der Waals surface area contributed by atoms with Crippen LogP contribution in [0.2, 0.25) is 0 Å². The fraction of sp³-hybridized carbons (Fsp3) is 0.625. The third-order valence-corrected chi connectivity index (χ3v) is 4.07. The van der Waals surface area contributed by atoms with E-state index in [1.807, 2.05) is 12.2 Å². The summed E-state index contributed by atoms with van der Waals surface area (Å²) in [6, 6.07) is -1.08. The van der Waals surface area contributed by atoms with Crippen LogP contribution in [0.1, 0.15) is 33.6 Å². The quantitative estimate of drug-likeness (QED) is 0.449. The zero-order valence-electron chi connectivity index (χ0n) is 13.6. The van der Waals surface area contributed by atoms with Crippen LogP contribution in [0, 0.1) is 11.8 Å². The molecule has 1 N–H and O–H groups in total. The fourth-order valence-electron chi connectivity index (χ4n) is 2.93. The first-order valence-corrected chi connectivity index (χ1v) is 7.80. The Labute approximate surface area is 135 Å². The lowest BCUT2D eigenvalue weighted by Crippen LogP contribution is -2.45. The highest BCUT2D eigenvalue weighted by Crippen LogP contribution is 2.36. The van der Waals surface area contributed by atoms with E-state index in [9.17, 15) is 19.2 Å². The van der Waals surface area contributed by atoms with Crippen molar-refractivity contribution in [2.75, 3.05) is 6.61 Å². The number of hydrogen-bond acceptors (Lipinski definition) is 5. The van der Waals surface area contributed by atoms with Crippen LogP contribution in [0.15, 0.2) is 12.2 Å². The second-order valence-electron chi connectivity index (χ2n) is 6.21. The second kappa shape index (κ2) is 6.93. The highest BCUT2D eigenvalue weighted by atomic mass is 16.5. The summed E-state index contributed by atoms with van der Waals surface area (Å²) in [5.41, 5.74) is 0. The van der Waals surface area contributed by atoms with Gasteiger partial charge in [0.1, 0.15) is 6.04 Å². The largest absolute Gasteiger partial charge is 0.454 e. The molecule has 0 spiro atoms. The Morgan fingerprint density at radius 3 is 2.17 bits per heavy atom. The van der Waals surface area contributed by atoms with Crippen LogP contribution in [0.25, 0.3) is 0 Å². The number of ether oxygens (including phenoxy) is 1. The summed E-state index contributed by atoms with van der Waals surface area (Å²) >= 11 is 0. The van der Waals surface area contributed by atoms with Gasteiger partial charge < -0.3 is 10.1 Å². The first kappa shape index (κ1) is 17.2. The van der Waals surface area contributed by atoms with Crippen LogP contribution in [0.3, 0.4) is 0 Å². The minimum Gasteiger partial charge on any atom is -0.454 e. The number of hydrogen-bond donors (Lipinski definition) is 1. The van der Waals surface area contributed by atoms with Crippen molar-refractivity contribution in [3.63, 3.8) is 0 Å². The summed E-state index contributed by atoms with van der Waals surface area (Å²) in [5.74, 6) is -2.60. The van der Waals surface area contributed by atoms with Gasteiger partial charge in [0.05, 0.1) is 11.8 Å². The lowest BCUT2D eigenvalue weighted by molar-refractivity contribution is -0.159. The average molecular weight is 322 g/mol. The molecule has 0 saturated carbocycles. The molecule has 1 saturated heterocycles. The van der Waals surface area contributed by atoms with Gasteiger partial charge >= 0.3 is 5.97 Å². The van der Waals surface area contributed by atoms with Crippen molar-refractivity contribution >= 4 is 23.7 Å². The molecule has 1 aliphatic carbocycles. The highest BCUT2D eigenvalue weighted by Gasteiger charge is 2.50. The van der Waals surface area contributed by atoms with Crippen molar-refractivity contribution in [2.24, 2.45) is 11.8 Å². The monoisotopic (exact) mass is 322 g/mol. The van der Waals surface area contributed by atoms with Crippen LogP contribution >= 0.6 is 0 Å². The minimum atomic E-state index is -1.02. The van der Waals surface area contributed by atoms with Crippen molar-refractivity contribution in [1.82, 2.24) is 10.2 Å². The molecule has 0 aromatic heterocycles. The molecule has 3 amide bonds. The number of nitrogens with zero attached hydrogens (tertiary/aromatic N) is 1. The van der Waals surface area contributed by atoms with E-state index in [1.54, 1.807) is 13.8 Å². The smallest absolute Gasteiger partial charge is 0.329 e. The normalized spacial score (nSPS) is 24.6. The van der Waals surface area contributed by atoms with Gasteiger partial charge in [-0.05, 0) is 33.6 Å². The molecule has 0 aromatic rings. The average Bonchev–Trinajstić information content (AvgIpc) is 2.75. The molecule has 2 aliphatic rings. The van der Waals surface area contributed by atoms with E-state index >= 15 is 0 Å². The molecule has 1 aliphatic heterocycles. The third kappa shape index (κ3) is 3.60. The van der Waals surface area contributed by atoms with E-state index in [-0.39, 0.29) is 29.7 Å². The van der Waals surface area contributed by atoms with Gasteiger partial charge in [0, 0.05) is 6.04 Å². The number of amides is 3. The maximum Gasteiger partial charge on any atom is 0.329 e. The number of fused-ring (bicyclic) bond motifs is 1. The molecule has 2 rings (SSSR count). The number of esters is 1. The summed E-state index contributed by atoms with van der Waals surface area (Å²) in [7, 11) is 0. The molecule has 1 heterocycles. The van der Waals surface area contributed by atoms with Gasteiger partial charge in [0.2, 0.25) is 11.8 Å². The number of carbonyl (C=O) groups is 4. The second-order valence-corrected chi connectivity index (χ2v) is 6.21. The van der Waals surface area contributed by atoms with Gasteiger partial charge in [-0.1, -0.05) is 12.2 Å². The molecular formula is C16H22N2O5. The topological polar surface area (TPSA) is 92.8 Å². The summed E-state index contributed by atoms with van der Waals surface area (Å²) in [4.78, 5) is 49.3. The van der Waals surface area contributed by atoms with Crippen molar-refractivity contribution in [3.05, 3.63) is 12.2 Å². The molecule has 0 aromatic carbocycles. The number of rotatable bonds is 5. The molecule has 7 nitrogen and oxygen atoms in total. The lowest BCUT2D eigenvalue weighted by atomic mass is 9.85. The molecule has 126 valence electrons. The van der Waals surface area contributed by atoms with Crippen LogP contribution < -0.4 is 5.32 Å². The van der Waals surface area contributed by atoms with Gasteiger partial charge in [-0.3, -0.25) is 19.3 Å². The van der Waals surface area contributed by atoms with Crippen molar-refractivity contribution in [2.45, 2.75) is 45.7 Å². The van der Waals surface area contributed by atoms with Crippen LogP contribution in [0.4, 0.5) is 0 Å². The predicted octanol–water partition coefficient (Wildman–Crippen LogP) is 0.394. The first-order chi connectivity index (χ1) is 10.8. The van der Waals surface area contributed by atoms with E-state index in [4.69, 9.17) is 4.74 Å². The lowest BCUT2D eigenvalue weighted by Gasteiger charge is -2.21. The fourth-order valence-corrected chi connectivity index (χ4v) is 2.93. The van der Waals surface area contributed by atoms with Crippen molar-refractivity contribution in [3.8, 4) is 0 Å². The summed E-state index contributed by atoms with van der Waals surface area (Å²) in [5, 5.41) is 2.59. The maximum atomic E-state index is 12.4. The number of nitrogens with one attached hydrogen (secondary N) is 1. The maximum absolute atomic E-state index is 12.4. The zero-order valence-corrected chi connectivity index (χ0v) is 13.6. The Hall–Kier alpha value is -2.18. The van der Waals surface area contributed by atoms with Gasteiger partial charge in [-0.2, -0.15) is 0 Å². The number of carbonyl (C=O) groups excluding carboxylic acids is 4. The minimum absolute atomic E-state index is 0.0593. The van der Waals surface area contributed by atoms with E-state index in [0.717, 1.165) is 4.90 Å². The van der Waals surface area contributed by atoms with E-state index in [1.165, 1.54) is 6.92 Å². The number of likely N-dealkylation sites (tertiary alicyclic amines) is 1. The van der Waals surface area contributed by atoms with E-state index < -0.39 is 24.5 Å². The van der Waals surface area contributed by atoms with Crippen LogP contribution in [-0.4, -0.2) is 47.3 Å². The summed E-state index contributed by atoms with van der Waals surface area (Å²) < 4.78 is 4.92. The van der Waals surface area contributed by atoms with Crippen molar-refractivity contribution < 1.29 is 23.9 Å². The van der Waals surface area contributed by atoms with Gasteiger partial charge in [-0.25, -0.2) is 4.79 Å². The molecule has 7 heteroatoms. The van der Waals surface area contributed by atoms with Gasteiger partial charge in [0.25, 0.3) is 5.91 Å². The van der Waals surface area contributed by atoms with Crippen molar-refractivity contribution in [1.29, 1.82) is 0 Å². The van der Waals surface area contributed by atoms with Gasteiger partial charge in [0.15, 0.2) is 6.61 Å².